The fourth-order valence-corrected chi connectivity index (χ4v) is 1.36. The van der Waals surface area contributed by atoms with Gasteiger partial charge in [0, 0.05) is 6.20 Å². The molecule has 0 aliphatic heterocycles. The van der Waals surface area contributed by atoms with Crippen molar-refractivity contribution in [3.63, 3.8) is 0 Å². The van der Waals surface area contributed by atoms with Gasteiger partial charge in [-0.25, -0.2) is 9.49 Å². The Hall–Kier alpha value is -1.43. The van der Waals surface area contributed by atoms with E-state index >= 15 is 0 Å². The number of hydrogen-bond donors (Lipinski definition) is 1. The normalized spacial score (nSPS) is 10.6. The Balaban J connectivity index is 2.40. The fraction of sp³-hybridized carbons (Fsp3) is 0.250. The van der Waals surface area contributed by atoms with Gasteiger partial charge in [0.2, 0.25) is 0 Å². The van der Waals surface area contributed by atoms with Gasteiger partial charge in [0.15, 0.2) is 0 Å². The summed E-state index contributed by atoms with van der Waals surface area (Å²) in [4.78, 5) is 0.216. The standard InChI is InChI=1S/C8H8FN3OS/c9-3-5-12-4-1-2-6(12)7-10-11-8(14)13-7/h1-2,4H,3,5H2,(H,11,14). The Labute approximate surface area is 84.4 Å². The second kappa shape index (κ2) is 3.75. The summed E-state index contributed by atoms with van der Waals surface area (Å²) in [5.74, 6) is 0.383. The van der Waals surface area contributed by atoms with Crippen molar-refractivity contribution < 1.29 is 8.81 Å². The summed E-state index contributed by atoms with van der Waals surface area (Å²) >= 11 is 4.75. The van der Waals surface area contributed by atoms with Crippen LogP contribution in [0.25, 0.3) is 11.6 Å². The lowest BCUT2D eigenvalue weighted by molar-refractivity contribution is 0.445. The van der Waals surface area contributed by atoms with E-state index in [9.17, 15) is 4.39 Å². The van der Waals surface area contributed by atoms with E-state index in [0.717, 1.165) is 5.69 Å². The SMILES string of the molecule is FCCn1cccc1-c1n[nH]c(=S)o1. The van der Waals surface area contributed by atoms with Crippen LogP contribution >= 0.6 is 12.2 Å². The number of H-pyrrole nitrogens is 1. The van der Waals surface area contributed by atoms with E-state index in [1.54, 1.807) is 22.9 Å². The van der Waals surface area contributed by atoms with Gasteiger partial charge in [0.05, 0.1) is 6.54 Å². The molecule has 0 saturated carbocycles. The van der Waals surface area contributed by atoms with Gasteiger partial charge in [0.25, 0.3) is 10.7 Å². The van der Waals surface area contributed by atoms with E-state index in [1.807, 2.05) is 0 Å². The molecule has 0 aliphatic rings. The van der Waals surface area contributed by atoms with Crippen LogP contribution in [0.5, 0.6) is 0 Å². The van der Waals surface area contributed by atoms with E-state index in [1.165, 1.54) is 0 Å². The highest BCUT2D eigenvalue weighted by Crippen LogP contribution is 2.17. The monoisotopic (exact) mass is 213 g/mol. The zero-order valence-electron chi connectivity index (χ0n) is 7.24. The van der Waals surface area contributed by atoms with Crippen molar-refractivity contribution in [2.45, 2.75) is 6.54 Å². The Morgan fingerprint density at radius 1 is 1.64 bits per heavy atom. The molecule has 0 spiro atoms. The number of halogens is 1. The van der Waals surface area contributed by atoms with E-state index in [4.69, 9.17) is 16.6 Å². The first kappa shape index (κ1) is 9.14. The van der Waals surface area contributed by atoms with E-state index < -0.39 is 6.67 Å². The maximum atomic E-state index is 12.2. The van der Waals surface area contributed by atoms with E-state index in [0.29, 0.717) is 5.89 Å². The third-order valence-electron chi connectivity index (χ3n) is 1.81. The van der Waals surface area contributed by atoms with Crippen LogP contribution in [0.15, 0.2) is 22.7 Å². The third-order valence-corrected chi connectivity index (χ3v) is 1.99. The van der Waals surface area contributed by atoms with Crippen molar-refractivity contribution >= 4 is 12.2 Å². The third kappa shape index (κ3) is 1.60. The minimum Gasteiger partial charge on any atom is -0.408 e. The van der Waals surface area contributed by atoms with Crippen molar-refractivity contribution in [2.24, 2.45) is 0 Å². The Morgan fingerprint density at radius 3 is 3.14 bits per heavy atom. The van der Waals surface area contributed by atoms with Gasteiger partial charge >= 0.3 is 0 Å². The molecule has 0 unspecified atom stereocenters. The van der Waals surface area contributed by atoms with E-state index in [2.05, 4.69) is 10.2 Å². The maximum absolute atomic E-state index is 12.2. The highest BCUT2D eigenvalue weighted by Gasteiger charge is 2.08. The molecule has 6 heteroatoms. The number of hydrogen-bond acceptors (Lipinski definition) is 3. The molecule has 0 radical (unpaired) electrons. The predicted octanol–water partition coefficient (Wildman–Crippen LogP) is 2.17. The van der Waals surface area contributed by atoms with Crippen molar-refractivity contribution in [3.8, 4) is 11.6 Å². The summed E-state index contributed by atoms with van der Waals surface area (Å²) < 4.78 is 19.0. The molecular formula is C8H8FN3OS. The molecule has 0 saturated heterocycles. The first-order valence-corrected chi connectivity index (χ1v) is 4.49. The summed E-state index contributed by atoms with van der Waals surface area (Å²) in [7, 11) is 0. The number of rotatable bonds is 3. The Bertz CT molecular complexity index is 473. The molecule has 1 N–H and O–H groups in total. The van der Waals surface area contributed by atoms with Crippen LogP contribution in [0.1, 0.15) is 0 Å². The molecule has 0 amide bonds. The van der Waals surface area contributed by atoms with Crippen LogP contribution in [-0.2, 0) is 6.54 Å². The molecule has 2 aromatic rings. The van der Waals surface area contributed by atoms with Crippen LogP contribution in [0.4, 0.5) is 4.39 Å². The number of aryl methyl sites for hydroxylation is 1. The summed E-state index contributed by atoms with van der Waals surface area (Å²) in [6.45, 7) is -0.135. The predicted molar refractivity (Wildman–Crippen MR) is 51.1 cm³/mol. The first-order valence-electron chi connectivity index (χ1n) is 4.08. The summed E-state index contributed by atoms with van der Waals surface area (Å²) in [5, 5.41) is 6.38. The van der Waals surface area contributed by atoms with Crippen LogP contribution in [0.3, 0.4) is 0 Å². The average Bonchev–Trinajstić information content (AvgIpc) is 2.74. The van der Waals surface area contributed by atoms with Crippen molar-refractivity contribution in [3.05, 3.63) is 23.2 Å². The first-order chi connectivity index (χ1) is 6.81. The second-order valence-corrected chi connectivity index (χ2v) is 3.06. The van der Waals surface area contributed by atoms with Gasteiger partial charge in [-0.2, -0.15) is 0 Å². The number of nitrogens with zero attached hydrogens (tertiary/aromatic N) is 2. The van der Waals surface area contributed by atoms with Crippen LogP contribution in [-0.4, -0.2) is 21.4 Å². The number of alkyl halides is 1. The smallest absolute Gasteiger partial charge is 0.284 e. The molecule has 2 rings (SSSR count). The summed E-state index contributed by atoms with van der Waals surface area (Å²) in [6, 6.07) is 3.60. The van der Waals surface area contributed by atoms with Crippen LogP contribution in [0.2, 0.25) is 0 Å². The van der Waals surface area contributed by atoms with Crippen LogP contribution in [0, 0.1) is 4.84 Å². The van der Waals surface area contributed by atoms with Gasteiger partial charge in [0.1, 0.15) is 12.4 Å². The largest absolute Gasteiger partial charge is 0.408 e. The van der Waals surface area contributed by atoms with Gasteiger partial charge in [-0.15, -0.1) is 5.10 Å². The Morgan fingerprint density at radius 2 is 2.50 bits per heavy atom. The number of aromatic amines is 1. The molecule has 0 atom stereocenters. The lowest BCUT2D eigenvalue weighted by Gasteiger charge is -2.01. The minimum atomic E-state index is -0.424. The van der Waals surface area contributed by atoms with Crippen molar-refractivity contribution in [1.29, 1.82) is 0 Å². The van der Waals surface area contributed by atoms with Gasteiger partial charge in [-0.3, -0.25) is 0 Å². The van der Waals surface area contributed by atoms with Crippen LogP contribution < -0.4 is 0 Å². The summed E-state index contributed by atoms with van der Waals surface area (Å²) in [6.07, 6.45) is 1.77. The Kier molecular flexibility index (Phi) is 2.45. The number of nitrogens with one attached hydrogen (secondary N) is 1. The van der Waals surface area contributed by atoms with Gasteiger partial charge in [-0.05, 0) is 24.4 Å². The molecule has 4 nitrogen and oxygen atoms in total. The molecular weight excluding hydrogens is 205 g/mol. The molecule has 0 fully saturated rings. The second-order valence-electron chi connectivity index (χ2n) is 2.69. The molecule has 0 aliphatic carbocycles. The van der Waals surface area contributed by atoms with Crippen molar-refractivity contribution in [2.75, 3.05) is 6.67 Å². The van der Waals surface area contributed by atoms with Gasteiger partial charge in [-0.1, -0.05) is 0 Å². The lowest BCUT2D eigenvalue weighted by atomic mass is 10.4. The molecule has 2 heterocycles. The summed E-state index contributed by atoms with van der Waals surface area (Å²) in [5.41, 5.74) is 0.718. The molecule has 2 aromatic heterocycles. The highest BCUT2D eigenvalue weighted by molar-refractivity contribution is 7.71. The zero-order valence-corrected chi connectivity index (χ0v) is 8.05. The number of aromatic nitrogens is 3. The highest BCUT2D eigenvalue weighted by atomic mass is 32.1. The minimum absolute atomic E-state index is 0.216. The van der Waals surface area contributed by atoms with Crippen molar-refractivity contribution in [1.82, 2.24) is 14.8 Å². The molecule has 14 heavy (non-hydrogen) atoms. The average molecular weight is 213 g/mol. The fourth-order valence-electron chi connectivity index (χ4n) is 1.23. The van der Waals surface area contributed by atoms with E-state index in [-0.39, 0.29) is 11.4 Å². The molecule has 0 aromatic carbocycles. The quantitative estimate of drug-likeness (QED) is 0.795. The van der Waals surface area contributed by atoms with Gasteiger partial charge < -0.3 is 8.98 Å². The maximum Gasteiger partial charge on any atom is 0.284 e. The lowest BCUT2D eigenvalue weighted by Crippen LogP contribution is -1.99. The zero-order chi connectivity index (χ0) is 9.97. The topological polar surface area (TPSA) is 46.8 Å². The molecule has 74 valence electrons. The molecule has 0 bridgehead atoms.